The fourth-order valence-corrected chi connectivity index (χ4v) is 2.14. The molecular weight excluding hydrogens is 268 g/mol. The second-order valence-corrected chi connectivity index (χ2v) is 5.46. The predicted molar refractivity (Wildman–Crippen MR) is 83.1 cm³/mol. The van der Waals surface area contributed by atoms with Gasteiger partial charge in [-0.05, 0) is 43.4 Å². The van der Waals surface area contributed by atoms with Crippen LogP contribution in [-0.2, 0) is 11.2 Å². The zero-order valence-corrected chi connectivity index (χ0v) is 13.4. The maximum Gasteiger partial charge on any atom is 0.307 e. The van der Waals surface area contributed by atoms with Crippen molar-refractivity contribution in [2.45, 2.75) is 40.5 Å². The molecule has 4 heteroatoms. The van der Waals surface area contributed by atoms with E-state index in [0.717, 1.165) is 17.7 Å². The molecule has 0 amide bonds. The zero-order chi connectivity index (χ0) is 15.8. The van der Waals surface area contributed by atoms with Crippen molar-refractivity contribution in [2.24, 2.45) is 11.8 Å². The van der Waals surface area contributed by atoms with Crippen molar-refractivity contribution >= 4 is 5.97 Å². The fourth-order valence-electron chi connectivity index (χ4n) is 2.14. The Kier molecular flexibility index (Phi) is 7.06. The van der Waals surface area contributed by atoms with Crippen LogP contribution in [0.15, 0.2) is 18.2 Å². The molecule has 118 valence electrons. The minimum absolute atomic E-state index is 0.0917. The topological polar surface area (TPSA) is 55.8 Å². The summed E-state index contributed by atoms with van der Waals surface area (Å²) in [4.78, 5) is 11.3. The molecule has 0 aromatic heterocycles. The maximum absolute atomic E-state index is 11.3. The number of hydrogen-bond donors (Lipinski definition) is 1. The Labute approximate surface area is 127 Å². The molecule has 0 aliphatic rings. The largest absolute Gasteiger partial charge is 0.490 e. The van der Waals surface area contributed by atoms with Crippen molar-refractivity contribution in [3.63, 3.8) is 0 Å². The number of carboxylic acids is 1. The Bertz CT molecular complexity index is 454. The van der Waals surface area contributed by atoms with Crippen molar-refractivity contribution in [3.8, 4) is 11.5 Å². The van der Waals surface area contributed by atoms with Gasteiger partial charge in [0.1, 0.15) is 0 Å². The van der Waals surface area contributed by atoms with Gasteiger partial charge in [0, 0.05) is 0 Å². The molecule has 0 aliphatic heterocycles. The fraction of sp³-hybridized carbons (Fsp3) is 0.588. The predicted octanol–water partition coefficient (Wildman–Crippen LogP) is 3.77. The van der Waals surface area contributed by atoms with Gasteiger partial charge in [-0.15, -0.1) is 0 Å². The number of aliphatic carboxylic acids is 1. The van der Waals surface area contributed by atoms with E-state index in [9.17, 15) is 9.90 Å². The van der Waals surface area contributed by atoms with Gasteiger partial charge in [-0.1, -0.05) is 26.8 Å². The number of carboxylic acid groups (broad SMARTS) is 1. The minimum atomic E-state index is -0.755. The SMILES string of the molecule is CCCOc1ccc(CC(C(=O)O)C(C)C)cc1OCC. The lowest BCUT2D eigenvalue weighted by molar-refractivity contribution is -0.143. The monoisotopic (exact) mass is 294 g/mol. The first kappa shape index (κ1) is 17.3. The van der Waals surface area contributed by atoms with Gasteiger partial charge in [-0.25, -0.2) is 0 Å². The highest BCUT2D eigenvalue weighted by Crippen LogP contribution is 2.30. The van der Waals surface area contributed by atoms with Crippen molar-refractivity contribution in [1.29, 1.82) is 0 Å². The molecule has 0 spiro atoms. The Morgan fingerprint density at radius 2 is 1.90 bits per heavy atom. The van der Waals surface area contributed by atoms with E-state index in [2.05, 4.69) is 6.92 Å². The van der Waals surface area contributed by atoms with Crippen LogP contribution in [0.5, 0.6) is 11.5 Å². The molecule has 1 rings (SSSR count). The van der Waals surface area contributed by atoms with Crippen molar-refractivity contribution in [3.05, 3.63) is 23.8 Å². The van der Waals surface area contributed by atoms with Crippen molar-refractivity contribution in [2.75, 3.05) is 13.2 Å². The lowest BCUT2D eigenvalue weighted by atomic mass is 9.89. The van der Waals surface area contributed by atoms with Crippen LogP contribution in [0.3, 0.4) is 0 Å². The first-order valence-corrected chi connectivity index (χ1v) is 7.60. The van der Waals surface area contributed by atoms with Gasteiger partial charge in [0.15, 0.2) is 11.5 Å². The number of hydrogen-bond acceptors (Lipinski definition) is 3. The minimum Gasteiger partial charge on any atom is -0.490 e. The van der Waals surface area contributed by atoms with E-state index in [-0.39, 0.29) is 11.8 Å². The third-order valence-corrected chi connectivity index (χ3v) is 3.35. The van der Waals surface area contributed by atoms with Gasteiger partial charge in [0.25, 0.3) is 0 Å². The third kappa shape index (κ3) is 5.29. The highest BCUT2D eigenvalue weighted by atomic mass is 16.5. The van der Waals surface area contributed by atoms with Crippen molar-refractivity contribution < 1.29 is 19.4 Å². The Balaban J connectivity index is 2.93. The molecule has 1 atom stereocenters. The quantitative estimate of drug-likeness (QED) is 0.753. The Morgan fingerprint density at radius 1 is 1.19 bits per heavy atom. The zero-order valence-electron chi connectivity index (χ0n) is 13.4. The summed E-state index contributed by atoms with van der Waals surface area (Å²) in [5, 5.41) is 9.29. The van der Waals surface area contributed by atoms with Gasteiger partial charge in [-0.2, -0.15) is 0 Å². The van der Waals surface area contributed by atoms with Crippen LogP contribution >= 0.6 is 0 Å². The lowest BCUT2D eigenvalue weighted by Crippen LogP contribution is -2.22. The van der Waals surface area contributed by atoms with Crippen molar-refractivity contribution in [1.82, 2.24) is 0 Å². The van der Waals surface area contributed by atoms with Crippen LogP contribution in [-0.4, -0.2) is 24.3 Å². The summed E-state index contributed by atoms with van der Waals surface area (Å²) in [6.45, 7) is 9.03. The number of carbonyl (C=O) groups is 1. The van der Waals surface area contributed by atoms with E-state index in [4.69, 9.17) is 9.47 Å². The van der Waals surface area contributed by atoms with Gasteiger partial charge in [0.05, 0.1) is 19.1 Å². The van der Waals surface area contributed by atoms with Crippen LogP contribution < -0.4 is 9.47 Å². The van der Waals surface area contributed by atoms with Crippen LogP contribution in [0.1, 0.15) is 39.7 Å². The summed E-state index contributed by atoms with van der Waals surface area (Å²) in [5.74, 6) is 0.362. The third-order valence-electron chi connectivity index (χ3n) is 3.35. The number of rotatable bonds is 9. The van der Waals surface area contributed by atoms with Gasteiger partial charge in [-0.3, -0.25) is 4.79 Å². The lowest BCUT2D eigenvalue weighted by Gasteiger charge is -2.18. The summed E-state index contributed by atoms with van der Waals surface area (Å²) in [7, 11) is 0. The number of benzene rings is 1. The molecule has 0 radical (unpaired) electrons. The maximum atomic E-state index is 11.3. The molecule has 1 N–H and O–H groups in total. The van der Waals surface area contributed by atoms with Crippen LogP contribution in [0.2, 0.25) is 0 Å². The molecule has 0 fully saturated rings. The van der Waals surface area contributed by atoms with E-state index in [1.165, 1.54) is 0 Å². The molecular formula is C17H26O4. The van der Waals surface area contributed by atoms with Crippen LogP contribution in [0.25, 0.3) is 0 Å². The van der Waals surface area contributed by atoms with Crippen LogP contribution in [0.4, 0.5) is 0 Å². The smallest absolute Gasteiger partial charge is 0.307 e. The second kappa shape index (κ2) is 8.55. The van der Waals surface area contributed by atoms with Gasteiger partial charge in [0.2, 0.25) is 0 Å². The van der Waals surface area contributed by atoms with E-state index < -0.39 is 5.97 Å². The molecule has 1 aromatic carbocycles. The summed E-state index contributed by atoms with van der Waals surface area (Å²) < 4.78 is 11.3. The molecule has 4 nitrogen and oxygen atoms in total. The summed E-state index contributed by atoms with van der Waals surface area (Å²) in [6.07, 6.45) is 1.43. The summed E-state index contributed by atoms with van der Waals surface area (Å²) in [5.41, 5.74) is 0.961. The first-order valence-electron chi connectivity index (χ1n) is 7.60. The molecule has 1 unspecified atom stereocenters. The Hall–Kier alpha value is -1.71. The second-order valence-electron chi connectivity index (χ2n) is 5.46. The standard InChI is InChI=1S/C17H26O4/c1-5-9-21-15-8-7-13(11-16(15)20-6-2)10-14(12(3)4)17(18)19/h7-8,11-12,14H,5-6,9-10H2,1-4H3,(H,18,19). The molecule has 21 heavy (non-hydrogen) atoms. The van der Waals surface area contributed by atoms with Gasteiger partial charge < -0.3 is 14.6 Å². The molecule has 0 aliphatic carbocycles. The van der Waals surface area contributed by atoms with Gasteiger partial charge >= 0.3 is 5.97 Å². The molecule has 1 aromatic rings. The normalized spacial score (nSPS) is 12.2. The molecule has 0 saturated heterocycles. The summed E-state index contributed by atoms with van der Waals surface area (Å²) >= 11 is 0. The molecule has 0 bridgehead atoms. The average Bonchev–Trinajstić information content (AvgIpc) is 2.43. The van der Waals surface area contributed by atoms with Crippen LogP contribution in [0, 0.1) is 11.8 Å². The van der Waals surface area contributed by atoms with E-state index in [0.29, 0.717) is 25.4 Å². The van der Waals surface area contributed by atoms with E-state index in [1.807, 2.05) is 39.0 Å². The average molecular weight is 294 g/mol. The van der Waals surface area contributed by atoms with E-state index in [1.54, 1.807) is 0 Å². The number of ether oxygens (including phenoxy) is 2. The molecule has 0 heterocycles. The Morgan fingerprint density at radius 3 is 2.43 bits per heavy atom. The first-order chi connectivity index (χ1) is 9.99. The molecule has 0 saturated carbocycles. The summed E-state index contributed by atoms with van der Waals surface area (Å²) in [6, 6.07) is 5.69. The highest BCUT2D eigenvalue weighted by molar-refractivity contribution is 5.70. The highest BCUT2D eigenvalue weighted by Gasteiger charge is 2.22. The van der Waals surface area contributed by atoms with E-state index >= 15 is 0 Å².